The fraction of sp³-hybridized carbons (Fsp3) is 0.938. The Morgan fingerprint density at radius 2 is 2.00 bits per heavy atom. The van der Waals surface area contributed by atoms with Crippen molar-refractivity contribution in [1.29, 1.82) is 0 Å². The van der Waals surface area contributed by atoms with E-state index in [2.05, 4.69) is 25.7 Å². The molecule has 0 amide bonds. The van der Waals surface area contributed by atoms with Crippen molar-refractivity contribution in [2.24, 2.45) is 17.8 Å². The summed E-state index contributed by atoms with van der Waals surface area (Å²) >= 11 is 0. The summed E-state index contributed by atoms with van der Waals surface area (Å²) in [5.74, 6) is 2.38. The SMILES string of the molecule is CCCN(CC1CC(C(C)C)CCC1=O)C1CC1. The maximum Gasteiger partial charge on any atom is 0.137 e. The van der Waals surface area contributed by atoms with E-state index in [1.165, 1.54) is 25.8 Å². The lowest BCUT2D eigenvalue weighted by molar-refractivity contribution is -0.126. The van der Waals surface area contributed by atoms with Crippen LogP contribution in [0.2, 0.25) is 0 Å². The van der Waals surface area contributed by atoms with Crippen LogP contribution in [0.1, 0.15) is 59.3 Å². The average Bonchev–Trinajstić information content (AvgIpc) is 3.14. The van der Waals surface area contributed by atoms with Crippen molar-refractivity contribution in [3.63, 3.8) is 0 Å². The summed E-state index contributed by atoms with van der Waals surface area (Å²) in [4.78, 5) is 14.7. The summed E-state index contributed by atoms with van der Waals surface area (Å²) in [5.41, 5.74) is 0. The molecule has 18 heavy (non-hydrogen) atoms. The van der Waals surface area contributed by atoms with Crippen LogP contribution in [0, 0.1) is 17.8 Å². The van der Waals surface area contributed by atoms with Crippen LogP contribution in [0.5, 0.6) is 0 Å². The van der Waals surface area contributed by atoms with E-state index in [0.717, 1.165) is 43.7 Å². The molecule has 0 aromatic heterocycles. The summed E-state index contributed by atoms with van der Waals surface area (Å²) < 4.78 is 0. The van der Waals surface area contributed by atoms with E-state index in [1.54, 1.807) is 0 Å². The maximum absolute atomic E-state index is 12.1. The Bertz CT molecular complexity index is 283. The molecule has 2 unspecified atom stereocenters. The van der Waals surface area contributed by atoms with Gasteiger partial charge in [0.05, 0.1) is 0 Å². The molecular formula is C16H29NO. The van der Waals surface area contributed by atoms with Gasteiger partial charge in [-0.25, -0.2) is 0 Å². The smallest absolute Gasteiger partial charge is 0.137 e. The number of carbonyl (C=O) groups excluding carboxylic acids is 1. The predicted octanol–water partition coefficient (Wildman–Crippen LogP) is 3.50. The largest absolute Gasteiger partial charge is 0.300 e. The first-order valence-electron chi connectivity index (χ1n) is 7.88. The van der Waals surface area contributed by atoms with Crippen molar-refractivity contribution < 1.29 is 4.79 Å². The maximum atomic E-state index is 12.1. The van der Waals surface area contributed by atoms with Gasteiger partial charge < -0.3 is 0 Å². The van der Waals surface area contributed by atoms with Crippen LogP contribution in [0.15, 0.2) is 0 Å². The number of hydrogen-bond acceptors (Lipinski definition) is 2. The molecule has 2 fully saturated rings. The van der Waals surface area contributed by atoms with Crippen LogP contribution >= 0.6 is 0 Å². The molecule has 0 aliphatic heterocycles. The van der Waals surface area contributed by atoms with Crippen molar-refractivity contribution >= 4 is 5.78 Å². The van der Waals surface area contributed by atoms with Gasteiger partial charge in [0.1, 0.15) is 5.78 Å². The van der Waals surface area contributed by atoms with Crippen molar-refractivity contribution in [2.75, 3.05) is 13.1 Å². The van der Waals surface area contributed by atoms with Crippen molar-refractivity contribution in [3.8, 4) is 0 Å². The normalized spacial score (nSPS) is 29.3. The van der Waals surface area contributed by atoms with Crippen LogP contribution in [0.25, 0.3) is 0 Å². The zero-order valence-corrected chi connectivity index (χ0v) is 12.3. The topological polar surface area (TPSA) is 20.3 Å². The lowest BCUT2D eigenvalue weighted by Gasteiger charge is -2.34. The first-order chi connectivity index (χ1) is 8.61. The molecule has 2 heteroatoms. The Hall–Kier alpha value is -0.370. The number of hydrogen-bond donors (Lipinski definition) is 0. The molecule has 2 saturated carbocycles. The monoisotopic (exact) mass is 251 g/mol. The standard InChI is InChI=1S/C16H29NO/c1-4-9-17(15-6-7-15)11-14-10-13(12(2)3)5-8-16(14)18/h12-15H,4-11H2,1-3H3. The lowest BCUT2D eigenvalue weighted by atomic mass is 9.75. The van der Waals surface area contributed by atoms with Crippen LogP contribution in [-0.4, -0.2) is 29.8 Å². The van der Waals surface area contributed by atoms with Gasteiger partial charge in [-0.05, 0) is 50.5 Å². The first kappa shape index (κ1) is 14.0. The average molecular weight is 251 g/mol. The fourth-order valence-corrected chi connectivity index (χ4v) is 3.36. The Morgan fingerprint density at radius 3 is 2.56 bits per heavy atom. The molecule has 0 saturated heterocycles. The Morgan fingerprint density at radius 1 is 1.28 bits per heavy atom. The van der Waals surface area contributed by atoms with Gasteiger partial charge in [-0.15, -0.1) is 0 Å². The molecule has 0 aromatic rings. The van der Waals surface area contributed by atoms with Gasteiger partial charge >= 0.3 is 0 Å². The fourth-order valence-electron chi connectivity index (χ4n) is 3.36. The van der Waals surface area contributed by atoms with Crippen molar-refractivity contribution in [2.45, 2.75) is 65.3 Å². The molecule has 2 nitrogen and oxygen atoms in total. The highest BCUT2D eigenvalue weighted by Crippen LogP contribution is 2.34. The molecule has 104 valence electrons. The van der Waals surface area contributed by atoms with Crippen LogP contribution in [0.4, 0.5) is 0 Å². The third-order valence-electron chi connectivity index (χ3n) is 4.78. The molecule has 2 aliphatic carbocycles. The summed E-state index contributed by atoms with van der Waals surface area (Å²) in [6.45, 7) is 9.08. The number of nitrogens with zero attached hydrogens (tertiary/aromatic N) is 1. The van der Waals surface area contributed by atoms with Crippen molar-refractivity contribution in [3.05, 3.63) is 0 Å². The lowest BCUT2D eigenvalue weighted by Crippen LogP contribution is -2.39. The third kappa shape index (κ3) is 3.57. The van der Waals surface area contributed by atoms with Crippen molar-refractivity contribution in [1.82, 2.24) is 4.90 Å². The second-order valence-electron chi connectivity index (χ2n) is 6.67. The molecular weight excluding hydrogens is 222 g/mol. The highest BCUT2D eigenvalue weighted by Gasteiger charge is 2.35. The third-order valence-corrected chi connectivity index (χ3v) is 4.78. The molecule has 2 rings (SSSR count). The summed E-state index contributed by atoms with van der Waals surface area (Å²) in [5, 5.41) is 0. The minimum absolute atomic E-state index is 0.332. The number of Topliss-reactive ketones (excluding diaryl/α,β-unsaturated/α-hetero) is 1. The molecule has 0 heterocycles. The van der Waals surface area contributed by atoms with Crippen LogP contribution in [0.3, 0.4) is 0 Å². The zero-order valence-electron chi connectivity index (χ0n) is 12.3. The predicted molar refractivity (Wildman–Crippen MR) is 75.6 cm³/mol. The van der Waals surface area contributed by atoms with E-state index in [1.807, 2.05) is 0 Å². The quantitative estimate of drug-likeness (QED) is 0.720. The second kappa shape index (κ2) is 6.18. The molecule has 0 spiro atoms. The minimum atomic E-state index is 0.332. The Kier molecular flexibility index (Phi) is 4.83. The van der Waals surface area contributed by atoms with E-state index in [4.69, 9.17) is 0 Å². The summed E-state index contributed by atoms with van der Waals surface area (Å²) in [6, 6.07) is 0.803. The number of carbonyl (C=O) groups is 1. The molecule has 0 aromatic carbocycles. The highest BCUT2D eigenvalue weighted by molar-refractivity contribution is 5.82. The molecule has 2 atom stereocenters. The highest BCUT2D eigenvalue weighted by atomic mass is 16.1. The van der Waals surface area contributed by atoms with Gasteiger partial charge in [0.2, 0.25) is 0 Å². The van der Waals surface area contributed by atoms with Crippen LogP contribution in [-0.2, 0) is 4.79 Å². The van der Waals surface area contributed by atoms with Gasteiger partial charge in [0.15, 0.2) is 0 Å². The second-order valence-corrected chi connectivity index (χ2v) is 6.67. The van der Waals surface area contributed by atoms with Gasteiger partial charge in [-0.1, -0.05) is 20.8 Å². The van der Waals surface area contributed by atoms with E-state index in [0.29, 0.717) is 11.7 Å². The molecule has 0 N–H and O–H groups in total. The van der Waals surface area contributed by atoms with E-state index >= 15 is 0 Å². The zero-order chi connectivity index (χ0) is 13.1. The van der Waals surface area contributed by atoms with Gasteiger partial charge in [0.25, 0.3) is 0 Å². The Balaban J connectivity index is 1.90. The Labute approximate surface area is 112 Å². The number of rotatable bonds is 6. The van der Waals surface area contributed by atoms with E-state index in [-0.39, 0.29) is 0 Å². The first-order valence-corrected chi connectivity index (χ1v) is 7.88. The molecule has 2 aliphatic rings. The molecule has 0 bridgehead atoms. The van der Waals surface area contributed by atoms with Gasteiger partial charge in [-0.3, -0.25) is 9.69 Å². The summed E-state index contributed by atoms with van der Waals surface area (Å²) in [7, 11) is 0. The minimum Gasteiger partial charge on any atom is -0.300 e. The number of ketones is 1. The van der Waals surface area contributed by atoms with E-state index in [9.17, 15) is 4.79 Å². The molecule has 0 radical (unpaired) electrons. The van der Waals surface area contributed by atoms with Gasteiger partial charge in [0, 0.05) is 24.9 Å². The van der Waals surface area contributed by atoms with E-state index < -0.39 is 0 Å². The van der Waals surface area contributed by atoms with Crippen LogP contribution < -0.4 is 0 Å². The summed E-state index contributed by atoms with van der Waals surface area (Å²) in [6.07, 6.45) is 7.03. The van der Waals surface area contributed by atoms with Gasteiger partial charge in [-0.2, -0.15) is 0 Å².